The zero-order valence-corrected chi connectivity index (χ0v) is 14.0. The number of carbonyl (C=O) groups excluding carboxylic acids is 1. The summed E-state index contributed by atoms with van der Waals surface area (Å²) in [5.41, 5.74) is 5.56. The van der Waals surface area contributed by atoms with Gasteiger partial charge in [0.25, 0.3) is 0 Å². The Balaban J connectivity index is 0.00000361. The molecule has 0 spiro atoms. The van der Waals surface area contributed by atoms with Crippen LogP contribution in [0.2, 0.25) is 0 Å². The molecule has 1 fully saturated rings. The van der Waals surface area contributed by atoms with Gasteiger partial charge in [-0.3, -0.25) is 4.79 Å². The average Bonchev–Trinajstić information content (AvgIpc) is 2.39. The molecule has 1 saturated carbocycles. The van der Waals surface area contributed by atoms with E-state index in [1.54, 1.807) is 7.11 Å². The molecule has 1 amide bonds. The zero-order valence-electron chi connectivity index (χ0n) is 13.2. The summed E-state index contributed by atoms with van der Waals surface area (Å²) < 4.78 is 10.9. The predicted molar refractivity (Wildman–Crippen MR) is 82.1 cm³/mol. The summed E-state index contributed by atoms with van der Waals surface area (Å²) >= 11 is 0. The number of hydrogen-bond donors (Lipinski definition) is 1. The average molecular weight is 309 g/mol. The molecule has 0 bridgehead atoms. The van der Waals surface area contributed by atoms with Crippen molar-refractivity contribution in [3.63, 3.8) is 0 Å². The Kier molecular flexibility index (Phi) is 8.03. The molecular weight excluding hydrogens is 280 g/mol. The summed E-state index contributed by atoms with van der Waals surface area (Å²) in [7, 11) is 3.45. The van der Waals surface area contributed by atoms with Crippen molar-refractivity contribution < 1.29 is 14.3 Å². The normalized spacial score (nSPS) is 25.3. The number of methoxy groups -OCH3 is 1. The molecule has 20 heavy (non-hydrogen) atoms. The van der Waals surface area contributed by atoms with Gasteiger partial charge in [-0.25, -0.2) is 0 Å². The van der Waals surface area contributed by atoms with Crippen molar-refractivity contribution in [1.29, 1.82) is 0 Å². The molecule has 0 aromatic carbocycles. The molecule has 1 rings (SSSR count). The van der Waals surface area contributed by atoms with Crippen LogP contribution in [0.25, 0.3) is 0 Å². The van der Waals surface area contributed by atoms with Crippen molar-refractivity contribution in [2.24, 2.45) is 11.1 Å². The van der Waals surface area contributed by atoms with E-state index in [1.165, 1.54) is 0 Å². The zero-order chi connectivity index (χ0) is 14.6. The van der Waals surface area contributed by atoms with Gasteiger partial charge in [-0.15, -0.1) is 12.4 Å². The highest BCUT2D eigenvalue weighted by molar-refractivity contribution is 5.85. The van der Waals surface area contributed by atoms with E-state index in [2.05, 4.69) is 13.8 Å². The molecule has 0 heterocycles. The van der Waals surface area contributed by atoms with Gasteiger partial charge in [0.2, 0.25) is 5.91 Å². The second-order valence-corrected chi connectivity index (χ2v) is 5.82. The van der Waals surface area contributed by atoms with E-state index in [0.717, 1.165) is 13.0 Å². The molecule has 0 aliphatic heterocycles. The maximum Gasteiger partial charge on any atom is 0.225 e. The monoisotopic (exact) mass is 308 g/mol. The summed E-state index contributed by atoms with van der Waals surface area (Å²) in [6, 6.07) is 0.229. The van der Waals surface area contributed by atoms with Crippen LogP contribution in [0.3, 0.4) is 0 Å². The molecule has 0 aromatic heterocycles. The third-order valence-corrected chi connectivity index (χ3v) is 4.35. The lowest BCUT2D eigenvalue weighted by molar-refractivity contribution is -0.164. The fourth-order valence-electron chi connectivity index (χ4n) is 2.78. The van der Waals surface area contributed by atoms with Gasteiger partial charge in [0.05, 0.1) is 18.6 Å². The van der Waals surface area contributed by atoms with Crippen LogP contribution in [-0.4, -0.2) is 56.4 Å². The fourth-order valence-corrected chi connectivity index (χ4v) is 2.78. The highest BCUT2D eigenvalue weighted by atomic mass is 35.5. The SMILES string of the molecule is CCOC1CC(N(C)C(=O)CC(CN)OC)C1(C)C.Cl. The molecule has 2 N–H and O–H groups in total. The Morgan fingerprint density at radius 3 is 2.50 bits per heavy atom. The van der Waals surface area contributed by atoms with Crippen molar-refractivity contribution in [2.45, 2.75) is 51.9 Å². The third-order valence-electron chi connectivity index (χ3n) is 4.35. The minimum atomic E-state index is -0.194. The van der Waals surface area contributed by atoms with Crippen LogP contribution < -0.4 is 5.73 Å². The van der Waals surface area contributed by atoms with Gasteiger partial charge in [0.1, 0.15) is 0 Å². The van der Waals surface area contributed by atoms with Crippen LogP contribution >= 0.6 is 12.4 Å². The van der Waals surface area contributed by atoms with Crippen LogP contribution in [-0.2, 0) is 14.3 Å². The van der Waals surface area contributed by atoms with E-state index in [0.29, 0.717) is 13.0 Å². The summed E-state index contributed by atoms with van der Waals surface area (Å²) in [6.07, 6.45) is 1.30. The van der Waals surface area contributed by atoms with Crippen LogP contribution in [0.4, 0.5) is 0 Å². The van der Waals surface area contributed by atoms with Gasteiger partial charge >= 0.3 is 0 Å². The highest BCUT2D eigenvalue weighted by Gasteiger charge is 2.51. The second-order valence-electron chi connectivity index (χ2n) is 5.82. The van der Waals surface area contributed by atoms with E-state index in [-0.39, 0.29) is 42.0 Å². The molecule has 0 saturated heterocycles. The predicted octanol–water partition coefficient (Wildman–Crippen LogP) is 1.43. The van der Waals surface area contributed by atoms with Crippen LogP contribution in [0.1, 0.15) is 33.6 Å². The summed E-state index contributed by atoms with van der Waals surface area (Å²) in [5, 5.41) is 0. The smallest absolute Gasteiger partial charge is 0.225 e. The number of halogens is 1. The number of rotatable bonds is 7. The van der Waals surface area contributed by atoms with Gasteiger partial charge in [0, 0.05) is 38.8 Å². The molecule has 3 unspecified atom stereocenters. The lowest BCUT2D eigenvalue weighted by atomic mass is 9.63. The van der Waals surface area contributed by atoms with E-state index < -0.39 is 0 Å². The van der Waals surface area contributed by atoms with E-state index in [9.17, 15) is 4.79 Å². The number of carbonyl (C=O) groups is 1. The van der Waals surface area contributed by atoms with E-state index >= 15 is 0 Å². The van der Waals surface area contributed by atoms with Gasteiger partial charge in [-0.05, 0) is 13.3 Å². The molecular formula is C14H29ClN2O3. The Bertz CT molecular complexity index is 309. The number of nitrogens with two attached hydrogens (primary N) is 1. The number of hydrogen-bond acceptors (Lipinski definition) is 4. The standard InChI is InChI=1S/C14H28N2O3.ClH/c1-6-19-12-8-11(14(12,2)3)16(4)13(17)7-10(9-15)18-5;/h10-12H,6-9,15H2,1-5H3;1H. The quantitative estimate of drug-likeness (QED) is 0.773. The van der Waals surface area contributed by atoms with Crippen LogP contribution in [0, 0.1) is 5.41 Å². The van der Waals surface area contributed by atoms with E-state index in [1.807, 2.05) is 18.9 Å². The minimum absolute atomic E-state index is 0. The maximum atomic E-state index is 12.2. The number of nitrogens with zero attached hydrogens (tertiary/aromatic N) is 1. The van der Waals surface area contributed by atoms with Crippen molar-refractivity contribution >= 4 is 18.3 Å². The first-order chi connectivity index (χ1) is 8.88. The van der Waals surface area contributed by atoms with Gasteiger partial charge in [0.15, 0.2) is 0 Å². The number of ether oxygens (including phenoxy) is 2. The first-order valence-corrected chi connectivity index (χ1v) is 6.98. The molecule has 3 atom stereocenters. The first kappa shape index (κ1) is 19.6. The molecule has 5 nitrogen and oxygen atoms in total. The minimum Gasteiger partial charge on any atom is -0.380 e. The molecule has 0 aromatic rings. The Labute approximate surface area is 128 Å². The fraction of sp³-hybridized carbons (Fsp3) is 0.929. The lowest BCUT2D eigenvalue weighted by Crippen LogP contribution is -2.62. The van der Waals surface area contributed by atoms with Gasteiger partial charge in [-0.2, -0.15) is 0 Å². The van der Waals surface area contributed by atoms with Crippen molar-refractivity contribution in [3.05, 3.63) is 0 Å². The van der Waals surface area contributed by atoms with Gasteiger partial charge < -0.3 is 20.1 Å². The molecule has 1 aliphatic carbocycles. The molecule has 120 valence electrons. The van der Waals surface area contributed by atoms with Gasteiger partial charge in [-0.1, -0.05) is 13.8 Å². The summed E-state index contributed by atoms with van der Waals surface area (Å²) in [6.45, 7) is 7.40. The summed E-state index contributed by atoms with van der Waals surface area (Å²) in [4.78, 5) is 14.0. The lowest BCUT2D eigenvalue weighted by Gasteiger charge is -2.55. The van der Waals surface area contributed by atoms with Crippen molar-refractivity contribution in [2.75, 3.05) is 27.3 Å². The largest absolute Gasteiger partial charge is 0.380 e. The van der Waals surface area contributed by atoms with Crippen LogP contribution in [0.15, 0.2) is 0 Å². The third kappa shape index (κ3) is 4.07. The second kappa shape index (κ2) is 8.17. The topological polar surface area (TPSA) is 64.8 Å². The summed E-state index contributed by atoms with van der Waals surface area (Å²) in [5.74, 6) is 0.0883. The van der Waals surface area contributed by atoms with E-state index in [4.69, 9.17) is 15.2 Å². The molecule has 0 radical (unpaired) electrons. The molecule has 6 heteroatoms. The van der Waals surface area contributed by atoms with Crippen molar-refractivity contribution in [3.8, 4) is 0 Å². The van der Waals surface area contributed by atoms with Crippen LogP contribution in [0.5, 0.6) is 0 Å². The maximum absolute atomic E-state index is 12.2. The Hall–Kier alpha value is -0.360. The number of amides is 1. The Morgan fingerprint density at radius 1 is 1.50 bits per heavy atom. The highest BCUT2D eigenvalue weighted by Crippen LogP contribution is 2.45. The Morgan fingerprint density at radius 2 is 2.10 bits per heavy atom. The molecule has 1 aliphatic rings. The van der Waals surface area contributed by atoms with Crippen molar-refractivity contribution in [1.82, 2.24) is 4.90 Å². The first-order valence-electron chi connectivity index (χ1n) is 6.98.